The lowest BCUT2D eigenvalue weighted by molar-refractivity contribution is 0.768. The van der Waals surface area contributed by atoms with Crippen LogP contribution in [0.2, 0.25) is 0 Å². The Kier molecular flexibility index (Phi) is 8.98. The fraction of sp³-hybridized carbons (Fsp3) is 0.0164. The summed E-state index contributed by atoms with van der Waals surface area (Å²) in [6.45, 7) is 0. The number of rotatable bonds is 8. The number of benzene rings is 10. The van der Waals surface area contributed by atoms with Gasteiger partial charge in [0, 0.05) is 31.4 Å². The highest BCUT2D eigenvalue weighted by atomic mass is 32.1. The van der Waals surface area contributed by atoms with Crippen LogP contribution in [0.3, 0.4) is 0 Å². The molecule has 0 bridgehead atoms. The van der Waals surface area contributed by atoms with Crippen LogP contribution in [-0.2, 0) is 5.41 Å². The molecular weight excluding hydrogens is 779 g/mol. The van der Waals surface area contributed by atoms with Gasteiger partial charge in [-0.1, -0.05) is 212 Å². The number of fused-ring (bicyclic) bond motifs is 6. The summed E-state index contributed by atoms with van der Waals surface area (Å²) in [7, 11) is 0. The Labute approximate surface area is 372 Å². The minimum absolute atomic E-state index is 0.482. The molecule has 0 saturated carbocycles. The molecule has 12 rings (SSSR count). The van der Waals surface area contributed by atoms with Crippen molar-refractivity contribution in [3.8, 4) is 44.5 Å². The van der Waals surface area contributed by atoms with Crippen LogP contribution in [0, 0.1) is 0 Å². The summed E-state index contributed by atoms with van der Waals surface area (Å²) in [6, 6.07) is 91.6. The van der Waals surface area contributed by atoms with Gasteiger partial charge in [-0.05, 0) is 97.6 Å². The van der Waals surface area contributed by atoms with Crippen LogP contribution < -0.4 is 4.90 Å². The molecule has 0 atom stereocenters. The van der Waals surface area contributed by atoms with E-state index >= 15 is 0 Å². The summed E-state index contributed by atoms with van der Waals surface area (Å²) in [5.74, 6) is 0. The topological polar surface area (TPSA) is 3.24 Å². The zero-order valence-corrected chi connectivity index (χ0v) is 35.3. The van der Waals surface area contributed by atoms with Crippen molar-refractivity contribution in [2.75, 3.05) is 4.90 Å². The van der Waals surface area contributed by atoms with Crippen LogP contribution in [0.4, 0.5) is 17.1 Å². The van der Waals surface area contributed by atoms with E-state index in [0.29, 0.717) is 0 Å². The third-order valence-corrected chi connectivity index (χ3v) is 14.1. The van der Waals surface area contributed by atoms with Gasteiger partial charge in [0.2, 0.25) is 0 Å². The molecule has 1 aliphatic carbocycles. The average Bonchev–Trinajstić information content (AvgIpc) is 3.89. The monoisotopic (exact) mass is 819 g/mol. The molecule has 296 valence electrons. The van der Waals surface area contributed by atoms with Gasteiger partial charge in [0.05, 0.1) is 16.8 Å². The second-order valence-electron chi connectivity index (χ2n) is 16.3. The molecule has 1 heterocycles. The van der Waals surface area contributed by atoms with Gasteiger partial charge in [-0.15, -0.1) is 11.3 Å². The molecule has 11 aromatic rings. The number of thiophene rings is 1. The van der Waals surface area contributed by atoms with Crippen molar-refractivity contribution in [2.45, 2.75) is 5.41 Å². The van der Waals surface area contributed by atoms with Gasteiger partial charge >= 0.3 is 0 Å². The van der Waals surface area contributed by atoms with Gasteiger partial charge in [-0.2, -0.15) is 0 Å². The van der Waals surface area contributed by atoms with Gasteiger partial charge in [0.15, 0.2) is 0 Å². The minimum atomic E-state index is -0.482. The lowest BCUT2D eigenvalue weighted by Gasteiger charge is -2.34. The van der Waals surface area contributed by atoms with Gasteiger partial charge < -0.3 is 4.90 Å². The Bertz CT molecular complexity index is 3420. The van der Waals surface area contributed by atoms with E-state index in [2.05, 4.69) is 254 Å². The molecule has 0 amide bonds. The number of anilines is 3. The maximum atomic E-state index is 2.53. The number of hydrogen-bond acceptors (Lipinski definition) is 2. The lowest BCUT2D eigenvalue weighted by Crippen LogP contribution is -2.28. The highest BCUT2D eigenvalue weighted by Crippen LogP contribution is 2.58. The van der Waals surface area contributed by atoms with Crippen LogP contribution >= 0.6 is 11.3 Å². The van der Waals surface area contributed by atoms with Crippen molar-refractivity contribution in [1.29, 1.82) is 0 Å². The second-order valence-corrected chi connectivity index (χ2v) is 17.4. The highest BCUT2D eigenvalue weighted by molar-refractivity contribution is 7.26. The van der Waals surface area contributed by atoms with E-state index in [1.54, 1.807) is 0 Å². The average molecular weight is 820 g/mol. The fourth-order valence-electron chi connectivity index (χ4n) is 10.4. The van der Waals surface area contributed by atoms with Crippen LogP contribution in [0.5, 0.6) is 0 Å². The van der Waals surface area contributed by atoms with Crippen LogP contribution in [0.15, 0.2) is 249 Å². The van der Waals surface area contributed by atoms with Crippen molar-refractivity contribution < 1.29 is 0 Å². The van der Waals surface area contributed by atoms with E-state index in [4.69, 9.17) is 0 Å². The molecule has 1 aliphatic rings. The Balaban J connectivity index is 1.14. The first-order chi connectivity index (χ1) is 31.3. The molecule has 1 nitrogen and oxygen atoms in total. The smallest absolute Gasteiger partial charge is 0.0713 e. The Morgan fingerprint density at radius 2 is 0.810 bits per heavy atom. The zero-order valence-electron chi connectivity index (χ0n) is 34.5. The maximum Gasteiger partial charge on any atom is 0.0713 e. The molecule has 2 heteroatoms. The van der Waals surface area contributed by atoms with Crippen LogP contribution in [0.1, 0.15) is 22.3 Å². The van der Waals surface area contributed by atoms with E-state index in [-0.39, 0.29) is 0 Å². The molecule has 0 N–H and O–H groups in total. The van der Waals surface area contributed by atoms with Gasteiger partial charge in [0.25, 0.3) is 0 Å². The molecule has 0 fully saturated rings. The van der Waals surface area contributed by atoms with E-state index in [9.17, 15) is 0 Å². The summed E-state index contributed by atoms with van der Waals surface area (Å²) in [4.78, 5) is 2.53. The van der Waals surface area contributed by atoms with Crippen LogP contribution in [0.25, 0.3) is 64.7 Å². The van der Waals surface area contributed by atoms with Crippen molar-refractivity contribution in [3.05, 3.63) is 271 Å². The van der Waals surface area contributed by atoms with Crippen molar-refractivity contribution in [3.63, 3.8) is 0 Å². The largest absolute Gasteiger partial charge is 0.309 e. The quantitative estimate of drug-likeness (QED) is 0.148. The third kappa shape index (κ3) is 5.91. The number of hydrogen-bond donors (Lipinski definition) is 0. The first-order valence-electron chi connectivity index (χ1n) is 21.7. The van der Waals surface area contributed by atoms with Gasteiger partial charge in [-0.25, -0.2) is 0 Å². The van der Waals surface area contributed by atoms with E-state index < -0.39 is 5.41 Å². The number of para-hydroxylation sites is 1. The minimum Gasteiger partial charge on any atom is -0.309 e. The molecular formula is C61H41NS. The normalized spacial score (nSPS) is 12.6. The second kappa shape index (κ2) is 15.3. The molecule has 0 saturated heterocycles. The zero-order chi connectivity index (χ0) is 41.7. The molecule has 10 aromatic carbocycles. The molecule has 0 spiro atoms. The van der Waals surface area contributed by atoms with E-state index in [1.165, 1.54) is 81.4 Å². The molecule has 1 aromatic heterocycles. The first kappa shape index (κ1) is 37.0. The Hall–Kier alpha value is -7.78. The number of nitrogens with zero attached hydrogens (tertiary/aromatic N) is 1. The Morgan fingerprint density at radius 1 is 0.317 bits per heavy atom. The molecule has 63 heavy (non-hydrogen) atoms. The SMILES string of the molecule is c1ccc(-c2ccccc2-c2ccccc2-c2ccccc2N(c2ccc3c(c2)-c2ccccc2C3(c2ccccc2)c2ccccc2)c2cccc3sc4ccccc4c23)cc1. The third-order valence-electron chi connectivity index (χ3n) is 13.0. The molecule has 0 aliphatic heterocycles. The van der Waals surface area contributed by atoms with Crippen molar-refractivity contribution in [2.24, 2.45) is 0 Å². The predicted molar refractivity (Wildman–Crippen MR) is 268 cm³/mol. The van der Waals surface area contributed by atoms with Gasteiger partial charge in [0.1, 0.15) is 0 Å². The molecule has 0 unspecified atom stereocenters. The predicted octanol–water partition coefficient (Wildman–Crippen LogP) is 16.9. The maximum absolute atomic E-state index is 2.53. The van der Waals surface area contributed by atoms with Crippen molar-refractivity contribution >= 4 is 48.6 Å². The summed E-state index contributed by atoms with van der Waals surface area (Å²) in [5.41, 5.74) is 17.7. The molecule has 0 radical (unpaired) electrons. The standard InChI is InChI=1S/C61H41NS/c1-4-21-42(22-5-1)46-27-10-11-28-47(46)48-29-12-13-30-49(48)51-32-15-18-35-56(51)62(57-36-20-38-59-60(57)52-33-16-19-37-58(52)63-59)45-39-40-55-53(41-45)50-31-14-17-34-54(50)61(55,43-23-6-2-7-24-43)44-25-8-3-9-26-44/h1-41H. The van der Waals surface area contributed by atoms with E-state index in [1.807, 2.05) is 11.3 Å². The summed E-state index contributed by atoms with van der Waals surface area (Å²) in [5, 5.41) is 2.53. The summed E-state index contributed by atoms with van der Waals surface area (Å²) in [6.07, 6.45) is 0. The summed E-state index contributed by atoms with van der Waals surface area (Å²) < 4.78 is 2.56. The Morgan fingerprint density at radius 3 is 1.52 bits per heavy atom. The van der Waals surface area contributed by atoms with Crippen molar-refractivity contribution in [1.82, 2.24) is 0 Å². The fourth-order valence-corrected chi connectivity index (χ4v) is 11.5. The van der Waals surface area contributed by atoms with Crippen LogP contribution in [-0.4, -0.2) is 0 Å². The first-order valence-corrected chi connectivity index (χ1v) is 22.5. The van der Waals surface area contributed by atoms with Gasteiger partial charge in [-0.3, -0.25) is 0 Å². The summed E-state index contributed by atoms with van der Waals surface area (Å²) >= 11 is 1.86. The highest BCUT2D eigenvalue weighted by Gasteiger charge is 2.46. The lowest BCUT2D eigenvalue weighted by atomic mass is 9.68. The van der Waals surface area contributed by atoms with E-state index in [0.717, 1.165) is 22.6 Å².